The lowest BCUT2D eigenvalue weighted by Crippen LogP contribution is -2.06. The van der Waals surface area contributed by atoms with Crippen molar-refractivity contribution in [1.29, 1.82) is 0 Å². The third-order valence-electron chi connectivity index (χ3n) is 2.36. The fourth-order valence-electron chi connectivity index (χ4n) is 1.31. The summed E-state index contributed by atoms with van der Waals surface area (Å²) in [6.45, 7) is 4.27. The predicted molar refractivity (Wildman–Crippen MR) is 70.7 cm³/mol. The first-order valence-electron chi connectivity index (χ1n) is 5.40. The lowest BCUT2D eigenvalue weighted by Gasteiger charge is -2.13. The van der Waals surface area contributed by atoms with Gasteiger partial charge in [-0.3, -0.25) is 0 Å². The Morgan fingerprint density at radius 1 is 1.47 bits per heavy atom. The molecule has 0 unspecified atom stereocenters. The number of methoxy groups -OCH3 is 1. The van der Waals surface area contributed by atoms with E-state index in [-0.39, 0.29) is 6.04 Å². The van der Waals surface area contributed by atoms with Crippen molar-refractivity contribution >= 4 is 11.6 Å². The van der Waals surface area contributed by atoms with E-state index >= 15 is 0 Å². The maximum atomic E-state index is 5.81. The fraction of sp³-hybridized carbons (Fsp3) is 0.385. The molecule has 1 aromatic carbocycles. The highest BCUT2D eigenvalue weighted by atomic mass is 35.5. The van der Waals surface area contributed by atoms with Gasteiger partial charge in [0, 0.05) is 11.6 Å². The molecule has 1 rings (SSSR count). The second kappa shape index (κ2) is 6.52. The van der Waals surface area contributed by atoms with Crippen molar-refractivity contribution in [2.45, 2.75) is 19.9 Å². The van der Waals surface area contributed by atoms with Gasteiger partial charge in [0.2, 0.25) is 0 Å². The fourth-order valence-corrected chi connectivity index (χ4v) is 1.37. The molecule has 0 saturated carbocycles. The van der Waals surface area contributed by atoms with E-state index in [0.717, 1.165) is 11.1 Å². The summed E-state index contributed by atoms with van der Waals surface area (Å²) in [5, 5.41) is 0. The van der Waals surface area contributed by atoms with Crippen LogP contribution in [0.25, 0.3) is 0 Å². The molecule has 3 nitrogen and oxygen atoms in total. The highest BCUT2D eigenvalue weighted by Gasteiger charge is 2.08. The number of ether oxygens (including phenoxy) is 2. The van der Waals surface area contributed by atoms with Gasteiger partial charge >= 0.3 is 0 Å². The first-order chi connectivity index (χ1) is 8.08. The van der Waals surface area contributed by atoms with Crippen molar-refractivity contribution in [2.75, 3.05) is 13.7 Å². The van der Waals surface area contributed by atoms with E-state index in [1.165, 1.54) is 5.54 Å². The van der Waals surface area contributed by atoms with Crippen LogP contribution in [-0.2, 0) is 0 Å². The van der Waals surface area contributed by atoms with E-state index in [1.54, 1.807) is 7.11 Å². The third-order valence-corrected chi connectivity index (χ3v) is 2.73. The van der Waals surface area contributed by atoms with E-state index < -0.39 is 0 Å². The van der Waals surface area contributed by atoms with Crippen LogP contribution in [0.2, 0.25) is 0 Å². The number of rotatable bonds is 5. The molecule has 0 amide bonds. The summed E-state index contributed by atoms with van der Waals surface area (Å²) >= 11 is 5.57. The molecule has 0 heterocycles. The SMILES string of the molecule is COc1cc([C@H](C)N)ccc1OC/C(C)=C/Cl. The Morgan fingerprint density at radius 2 is 2.18 bits per heavy atom. The Balaban J connectivity index is 2.85. The smallest absolute Gasteiger partial charge is 0.161 e. The molecule has 1 atom stereocenters. The summed E-state index contributed by atoms with van der Waals surface area (Å²) in [6.07, 6.45) is 0. The van der Waals surface area contributed by atoms with Crippen molar-refractivity contribution in [3.8, 4) is 11.5 Å². The van der Waals surface area contributed by atoms with Gasteiger partial charge in [0.1, 0.15) is 6.61 Å². The lowest BCUT2D eigenvalue weighted by atomic mass is 10.1. The van der Waals surface area contributed by atoms with Crippen molar-refractivity contribution in [3.63, 3.8) is 0 Å². The van der Waals surface area contributed by atoms with Crippen LogP contribution in [-0.4, -0.2) is 13.7 Å². The summed E-state index contributed by atoms with van der Waals surface area (Å²) in [5.41, 5.74) is 9.27. The highest BCUT2D eigenvalue weighted by molar-refractivity contribution is 6.25. The molecule has 0 fully saturated rings. The van der Waals surface area contributed by atoms with E-state index in [4.69, 9.17) is 26.8 Å². The highest BCUT2D eigenvalue weighted by Crippen LogP contribution is 2.30. The van der Waals surface area contributed by atoms with Gasteiger partial charge in [-0.1, -0.05) is 17.7 Å². The zero-order valence-corrected chi connectivity index (χ0v) is 11.1. The molecule has 0 aromatic heterocycles. The van der Waals surface area contributed by atoms with Crippen LogP contribution in [0.4, 0.5) is 0 Å². The quantitative estimate of drug-likeness (QED) is 0.879. The lowest BCUT2D eigenvalue weighted by molar-refractivity contribution is 0.319. The van der Waals surface area contributed by atoms with Gasteiger partial charge < -0.3 is 15.2 Å². The Labute approximate surface area is 107 Å². The Bertz CT molecular complexity index is 402. The molecule has 1 aromatic rings. The van der Waals surface area contributed by atoms with Gasteiger partial charge in [0.05, 0.1) is 7.11 Å². The predicted octanol–water partition coefficient (Wildman–Crippen LogP) is 3.24. The van der Waals surface area contributed by atoms with Crippen LogP contribution in [0, 0.1) is 0 Å². The largest absolute Gasteiger partial charge is 0.493 e. The van der Waals surface area contributed by atoms with Crippen LogP contribution >= 0.6 is 11.6 Å². The molecule has 4 heteroatoms. The van der Waals surface area contributed by atoms with Gasteiger partial charge in [-0.05, 0) is 37.1 Å². The van der Waals surface area contributed by atoms with Crippen LogP contribution in [0.5, 0.6) is 11.5 Å². The second-order valence-electron chi connectivity index (χ2n) is 3.94. The van der Waals surface area contributed by atoms with Crippen molar-refractivity contribution in [1.82, 2.24) is 0 Å². The van der Waals surface area contributed by atoms with Gasteiger partial charge in [0.15, 0.2) is 11.5 Å². The molecular formula is C13H18ClNO2. The second-order valence-corrected chi connectivity index (χ2v) is 4.16. The number of hydrogen-bond acceptors (Lipinski definition) is 3. The summed E-state index contributed by atoms with van der Waals surface area (Å²) in [6, 6.07) is 5.66. The summed E-state index contributed by atoms with van der Waals surface area (Å²) in [7, 11) is 1.61. The minimum Gasteiger partial charge on any atom is -0.493 e. The molecule has 0 saturated heterocycles. The number of hydrogen-bond donors (Lipinski definition) is 1. The van der Waals surface area contributed by atoms with Crippen LogP contribution in [0.1, 0.15) is 25.5 Å². The molecule has 0 aliphatic carbocycles. The van der Waals surface area contributed by atoms with E-state index in [2.05, 4.69) is 0 Å². The van der Waals surface area contributed by atoms with Gasteiger partial charge in [-0.2, -0.15) is 0 Å². The molecule has 0 radical (unpaired) electrons. The van der Waals surface area contributed by atoms with E-state index in [0.29, 0.717) is 18.1 Å². The molecule has 94 valence electrons. The van der Waals surface area contributed by atoms with Crippen LogP contribution < -0.4 is 15.2 Å². The van der Waals surface area contributed by atoms with Crippen molar-refractivity contribution < 1.29 is 9.47 Å². The minimum atomic E-state index is -0.0255. The standard InChI is InChI=1S/C13H18ClNO2/c1-9(7-14)8-17-12-5-4-11(10(2)15)6-13(12)16-3/h4-7,10H,8,15H2,1-3H3/b9-7+/t10-/m0/s1. The average Bonchev–Trinajstić information content (AvgIpc) is 2.35. The van der Waals surface area contributed by atoms with Crippen molar-refractivity contribution in [2.24, 2.45) is 5.73 Å². The van der Waals surface area contributed by atoms with E-state index in [1.807, 2.05) is 32.0 Å². The number of nitrogens with two attached hydrogens (primary N) is 1. The van der Waals surface area contributed by atoms with Gasteiger partial charge in [-0.15, -0.1) is 0 Å². The van der Waals surface area contributed by atoms with E-state index in [9.17, 15) is 0 Å². The molecule has 0 bridgehead atoms. The minimum absolute atomic E-state index is 0.0255. The average molecular weight is 256 g/mol. The molecule has 0 aliphatic rings. The molecular weight excluding hydrogens is 238 g/mol. The Morgan fingerprint density at radius 3 is 2.71 bits per heavy atom. The maximum absolute atomic E-state index is 5.81. The zero-order chi connectivity index (χ0) is 12.8. The third kappa shape index (κ3) is 3.95. The topological polar surface area (TPSA) is 44.5 Å². The monoisotopic (exact) mass is 255 g/mol. The first-order valence-corrected chi connectivity index (χ1v) is 5.84. The summed E-state index contributed by atoms with van der Waals surface area (Å²) in [5.74, 6) is 1.37. The molecule has 17 heavy (non-hydrogen) atoms. The van der Waals surface area contributed by atoms with Crippen LogP contribution in [0.15, 0.2) is 29.3 Å². The summed E-state index contributed by atoms with van der Waals surface area (Å²) < 4.78 is 10.9. The number of benzene rings is 1. The van der Waals surface area contributed by atoms with Crippen molar-refractivity contribution in [3.05, 3.63) is 34.9 Å². The zero-order valence-electron chi connectivity index (χ0n) is 10.4. The van der Waals surface area contributed by atoms with Gasteiger partial charge in [0.25, 0.3) is 0 Å². The summed E-state index contributed by atoms with van der Waals surface area (Å²) in [4.78, 5) is 0. The Hall–Kier alpha value is -1.19. The first kappa shape index (κ1) is 13.9. The maximum Gasteiger partial charge on any atom is 0.161 e. The molecule has 2 N–H and O–H groups in total. The Kier molecular flexibility index (Phi) is 5.32. The van der Waals surface area contributed by atoms with Gasteiger partial charge in [-0.25, -0.2) is 0 Å². The normalized spacial score (nSPS) is 13.4. The molecule has 0 aliphatic heterocycles. The van der Waals surface area contributed by atoms with Crippen LogP contribution in [0.3, 0.4) is 0 Å². The molecule has 0 spiro atoms. The number of halogens is 1.